The van der Waals surface area contributed by atoms with Crippen molar-refractivity contribution >= 4 is 23.8 Å². The fraction of sp³-hybridized carbons (Fsp3) is 0.875. The number of carbonyl (C=O) groups is 4. The van der Waals surface area contributed by atoms with Crippen LogP contribution < -0.4 is 5.32 Å². The number of rotatable bonds is 29. The summed E-state index contributed by atoms with van der Waals surface area (Å²) in [7, 11) is 0. The van der Waals surface area contributed by atoms with Gasteiger partial charge in [0.05, 0.1) is 26.1 Å². The van der Waals surface area contributed by atoms with Crippen molar-refractivity contribution in [1.29, 1.82) is 0 Å². The van der Waals surface area contributed by atoms with Crippen LogP contribution >= 0.6 is 0 Å². The standard InChI is InChI=1S/C32H59NO7/c1-3-5-7-9-11-13-15-17-19-21-25-39-31(37)27-28(33-29(34)23-24-30(35)36)32(38)40-26-22-20-18-16-14-12-10-8-6-4-2/h28H,3-27H2,1-2H3,(H,33,34)(H,35,36). The summed E-state index contributed by atoms with van der Waals surface area (Å²) in [6, 6.07) is -1.18. The van der Waals surface area contributed by atoms with E-state index in [1.165, 1.54) is 89.9 Å². The summed E-state index contributed by atoms with van der Waals surface area (Å²) < 4.78 is 10.6. The quantitative estimate of drug-likeness (QED) is 0.0701. The predicted octanol–water partition coefficient (Wildman–Crippen LogP) is 7.65. The van der Waals surface area contributed by atoms with Gasteiger partial charge in [-0.2, -0.15) is 0 Å². The van der Waals surface area contributed by atoms with E-state index in [2.05, 4.69) is 19.2 Å². The fourth-order valence-corrected chi connectivity index (χ4v) is 4.54. The second-order valence-electron chi connectivity index (χ2n) is 11.0. The van der Waals surface area contributed by atoms with Crippen molar-refractivity contribution in [1.82, 2.24) is 5.32 Å². The van der Waals surface area contributed by atoms with Crippen LogP contribution in [-0.2, 0) is 28.7 Å². The molecule has 0 saturated heterocycles. The zero-order valence-electron chi connectivity index (χ0n) is 25.7. The van der Waals surface area contributed by atoms with Crippen molar-refractivity contribution < 1.29 is 33.8 Å². The lowest BCUT2D eigenvalue weighted by Crippen LogP contribution is -2.43. The van der Waals surface area contributed by atoms with Crippen LogP contribution in [0.15, 0.2) is 0 Å². The van der Waals surface area contributed by atoms with Gasteiger partial charge in [-0.1, -0.05) is 129 Å². The smallest absolute Gasteiger partial charge is 0.329 e. The molecule has 0 spiro atoms. The van der Waals surface area contributed by atoms with Crippen molar-refractivity contribution in [3.63, 3.8) is 0 Å². The lowest BCUT2D eigenvalue weighted by molar-refractivity contribution is -0.154. The average Bonchev–Trinajstić information content (AvgIpc) is 2.93. The highest BCUT2D eigenvalue weighted by molar-refractivity contribution is 5.89. The molecule has 0 aromatic heterocycles. The van der Waals surface area contributed by atoms with Crippen molar-refractivity contribution in [2.45, 2.75) is 168 Å². The number of carboxylic acids is 1. The minimum atomic E-state index is -1.18. The largest absolute Gasteiger partial charge is 0.481 e. The van der Waals surface area contributed by atoms with E-state index < -0.39 is 29.9 Å². The Hall–Kier alpha value is -2.12. The first-order valence-electron chi connectivity index (χ1n) is 16.2. The minimum Gasteiger partial charge on any atom is -0.481 e. The topological polar surface area (TPSA) is 119 Å². The number of hydrogen-bond acceptors (Lipinski definition) is 6. The summed E-state index contributed by atoms with van der Waals surface area (Å²) in [5.74, 6) is -2.97. The highest BCUT2D eigenvalue weighted by atomic mass is 16.5. The Morgan fingerprint density at radius 1 is 0.575 bits per heavy atom. The highest BCUT2D eigenvalue weighted by Gasteiger charge is 2.26. The van der Waals surface area contributed by atoms with Crippen LogP contribution in [-0.4, -0.2) is 48.2 Å². The SMILES string of the molecule is CCCCCCCCCCCCOC(=O)CC(NC(=O)CCC(=O)O)C(=O)OCCCCCCCCCCCC. The molecule has 0 aliphatic rings. The molecular formula is C32H59NO7. The van der Waals surface area contributed by atoms with E-state index in [0.717, 1.165) is 38.5 Å². The Balaban J connectivity index is 4.23. The maximum Gasteiger partial charge on any atom is 0.329 e. The number of hydrogen-bond donors (Lipinski definition) is 2. The van der Waals surface area contributed by atoms with Gasteiger partial charge in [-0.05, 0) is 12.8 Å². The number of unbranched alkanes of at least 4 members (excludes halogenated alkanes) is 18. The Morgan fingerprint density at radius 3 is 1.40 bits per heavy atom. The third-order valence-corrected chi connectivity index (χ3v) is 7.06. The average molecular weight is 570 g/mol. The molecular weight excluding hydrogens is 510 g/mol. The first-order chi connectivity index (χ1) is 19.4. The molecule has 40 heavy (non-hydrogen) atoms. The number of nitrogens with one attached hydrogen (secondary N) is 1. The molecule has 1 unspecified atom stereocenters. The lowest BCUT2D eigenvalue weighted by Gasteiger charge is -2.17. The fourth-order valence-electron chi connectivity index (χ4n) is 4.54. The van der Waals surface area contributed by atoms with Gasteiger partial charge in [0.15, 0.2) is 0 Å². The number of esters is 2. The van der Waals surface area contributed by atoms with Crippen molar-refractivity contribution in [2.75, 3.05) is 13.2 Å². The van der Waals surface area contributed by atoms with E-state index in [9.17, 15) is 19.2 Å². The Morgan fingerprint density at radius 2 is 0.975 bits per heavy atom. The van der Waals surface area contributed by atoms with E-state index in [4.69, 9.17) is 14.6 Å². The Bertz CT molecular complexity index is 653. The van der Waals surface area contributed by atoms with Crippen LogP contribution in [0.1, 0.15) is 162 Å². The van der Waals surface area contributed by atoms with Gasteiger partial charge in [0, 0.05) is 6.42 Å². The number of aliphatic carboxylic acids is 1. The molecule has 0 aliphatic heterocycles. The van der Waals surface area contributed by atoms with Gasteiger partial charge < -0.3 is 19.9 Å². The number of amides is 1. The van der Waals surface area contributed by atoms with E-state index in [-0.39, 0.29) is 32.5 Å². The van der Waals surface area contributed by atoms with E-state index in [1.807, 2.05) is 0 Å². The second-order valence-corrected chi connectivity index (χ2v) is 11.0. The molecule has 0 radical (unpaired) electrons. The van der Waals surface area contributed by atoms with Gasteiger partial charge in [0.1, 0.15) is 6.04 Å². The summed E-state index contributed by atoms with van der Waals surface area (Å²) in [4.78, 5) is 47.9. The molecule has 1 amide bonds. The molecule has 0 aliphatic carbocycles. The van der Waals surface area contributed by atoms with E-state index in [1.54, 1.807) is 0 Å². The van der Waals surface area contributed by atoms with E-state index in [0.29, 0.717) is 0 Å². The zero-order valence-corrected chi connectivity index (χ0v) is 25.7. The van der Waals surface area contributed by atoms with Crippen molar-refractivity contribution in [3.8, 4) is 0 Å². The van der Waals surface area contributed by atoms with Crippen LogP contribution in [0.2, 0.25) is 0 Å². The van der Waals surface area contributed by atoms with Gasteiger partial charge >= 0.3 is 17.9 Å². The van der Waals surface area contributed by atoms with Crippen LogP contribution in [0.25, 0.3) is 0 Å². The molecule has 8 heteroatoms. The summed E-state index contributed by atoms with van der Waals surface area (Å²) in [6.45, 7) is 4.94. The Kier molecular flexibility index (Phi) is 26.9. The monoisotopic (exact) mass is 569 g/mol. The minimum absolute atomic E-state index is 0.227. The summed E-state index contributed by atoms with van der Waals surface area (Å²) in [5, 5.41) is 11.3. The van der Waals surface area contributed by atoms with Crippen molar-refractivity contribution in [2.24, 2.45) is 0 Å². The molecule has 0 saturated carbocycles. The summed E-state index contributed by atoms with van der Waals surface area (Å²) >= 11 is 0. The van der Waals surface area contributed by atoms with Gasteiger partial charge in [-0.25, -0.2) is 4.79 Å². The van der Waals surface area contributed by atoms with Crippen LogP contribution in [0.5, 0.6) is 0 Å². The first-order valence-corrected chi connectivity index (χ1v) is 16.2. The molecule has 0 bridgehead atoms. The molecule has 1 atom stereocenters. The molecule has 0 heterocycles. The predicted molar refractivity (Wildman–Crippen MR) is 159 cm³/mol. The first kappa shape index (κ1) is 37.9. The zero-order chi connectivity index (χ0) is 29.7. The van der Waals surface area contributed by atoms with Gasteiger partial charge in [-0.3, -0.25) is 14.4 Å². The molecule has 0 aromatic carbocycles. The maximum absolute atomic E-state index is 12.6. The third-order valence-electron chi connectivity index (χ3n) is 7.06. The molecule has 0 fully saturated rings. The van der Waals surface area contributed by atoms with Crippen LogP contribution in [0.4, 0.5) is 0 Å². The van der Waals surface area contributed by atoms with Crippen LogP contribution in [0.3, 0.4) is 0 Å². The number of ether oxygens (including phenoxy) is 2. The molecule has 0 rings (SSSR count). The second kappa shape index (κ2) is 28.4. The van der Waals surface area contributed by atoms with E-state index >= 15 is 0 Å². The number of carbonyl (C=O) groups excluding carboxylic acids is 3. The number of carboxylic acid groups (broad SMARTS) is 1. The lowest BCUT2D eigenvalue weighted by atomic mass is 10.1. The molecule has 8 nitrogen and oxygen atoms in total. The van der Waals surface area contributed by atoms with Gasteiger partial charge in [-0.15, -0.1) is 0 Å². The summed E-state index contributed by atoms with van der Waals surface area (Å²) in [5.41, 5.74) is 0. The van der Waals surface area contributed by atoms with Crippen LogP contribution in [0, 0.1) is 0 Å². The normalized spacial score (nSPS) is 11.7. The van der Waals surface area contributed by atoms with Crippen molar-refractivity contribution in [3.05, 3.63) is 0 Å². The maximum atomic E-state index is 12.6. The van der Waals surface area contributed by atoms with Gasteiger partial charge in [0.2, 0.25) is 5.91 Å². The summed E-state index contributed by atoms with van der Waals surface area (Å²) in [6.07, 6.45) is 22.5. The molecule has 234 valence electrons. The highest BCUT2D eigenvalue weighted by Crippen LogP contribution is 2.12. The molecule has 2 N–H and O–H groups in total. The Labute approximate surface area is 243 Å². The molecule has 0 aromatic rings. The third kappa shape index (κ3) is 26.1. The van der Waals surface area contributed by atoms with Gasteiger partial charge in [0.25, 0.3) is 0 Å².